The number of quaternary nitrogens is 1. The van der Waals surface area contributed by atoms with Crippen LogP contribution in [0.3, 0.4) is 0 Å². The number of likely N-dealkylation sites (N-methyl/N-ethyl adjacent to an activating group) is 1. The molecule has 0 aliphatic rings. The van der Waals surface area contributed by atoms with E-state index in [-0.39, 0.29) is 26.1 Å². The van der Waals surface area contributed by atoms with Crippen LogP contribution in [0.1, 0.15) is 239 Å². The van der Waals surface area contributed by atoms with E-state index in [1.807, 2.05) is 21.1 Å². The van der Waals surface area contributed by atoms with Gasteiger partial charge in [0.05, 0.1) is 27.7 Å². The monoisotopic (exact) mass is 988 g/mol. The number of carbonyl (C=O) groups is 2. The Balaban J connectivity index is 4.03. The van der Waals surface area contributed by atoms with Gasteiger partial charge in [0.15, 0.2) is 6.10 Å². The maximum absolute atomic E-state index is 12.8. The van der Waals surface area contributed by atoms with Crippen LogP contribution in [-0.4, -0.2) is 70.0 Å². The van der Waals surface area contributed by atoms with Crippen molar-refractivity contribution in [3.05, 3.63) is 72.9 Å². The van der Waals surface area contributed by atoms with Crippen molar-refractivity contribution in [3.63, 3.8) is 0 Å². The minimum absolute atomic E-state index is 0.0330. The Kier molecular flexibility index (Phi) is 48.5. The Labute approximate surface area is 425 Å². The lowest BCUT2D eigenvalue weighted by atomic mass is 10.0. The minimum atomic E-state index is -4.63. The van der Waals surface area contributed by atoms with E-state index in [9.17, 15) is 19.0 Å². The fourth-order valence-corrected chi connectivity index (χ4v) is 8.35. The van der Waals surface area contributed by atoms with Crippen LogP contribution in [0, 0.1) is 0 Å². The predicted octanol–water partition coefficient (Wildman–Crippen LogP) is 16.7. The smallest absolute Gasteiger partial charge is 0.306 e. The van der Waals surface area contributed by atoms with E-state index in [0.29, 0.717) is 17.4 Å². The maximum atomic E-state index is 12.8. The number of rotatable bonds is 51. The Morgan fingerprint density at radius 1 is 0.464 bits per heavy atom. The number of unbranched alkanes of at least 4 members (excludes halogenated alkanes) is 25. The molecule has 0 spiro atoms. The molecule has 2 atom stereocenters. The third kappa shape index (κ3) is 54.6. The summed E-state index contributed by atoms with van der Waals surface area (Å²) in [5, 5.41) is 0. The summed E-state index contributed by atoms with van der Waals surface area (Å²) in [6.45, 7) is 4.09. The molecule has 0 aliphatic heterocycles. The van der Waals surface area contributed by atoms with E-state index in [0.717, 1.165) is 89.9 Å². The fourth-order valence-electron chi connectivity index (χ4n) is 7.62. The molecule has 9 nitrogen and oxygen atoms in total. The van der Waals surface area contributed by atoms with Gasteiger partial charge < -0.3 is 27.9 Å². The summed E-state index contributed by atoms with van der Waals surface area (Å²) in [5.74, 6) is -0.841. The molecule has 0 aliphatic carbocycles. The zero-order chi connectivity index (χ0) is 50.6. The van der Waals surface area contributed by atoms with Gasteiger partial charge in [-0.2, -0.15) is 0 Å². The van der Waals surface area contributed by atoms with Crippen molar-refractivity contribution in [2.75, 3.05) is 47.5 Å². The lowest BCUT2D eigenvalue weighted by molar-refractivity contribution is -0.870. The number of phosphoric acid groups is 1. The molecule has 0 aromatic rings. The zero-order valence-corrected chi connectivity index (χ0v) is 46.1. The number of phosphoric ester groups is 1. The van der Waals surface area contributed by atoms with Gasteiger partial charge in [0.25, 0.3) is 7.82 Å². The molecular weight excluding hydrogens is 882 g/mol. The molecule has 400 valence electrons. The van der Waals surface area contributed by atoms with Crippen LogP contribution in [0.15, 0.2) is 72.9 Å². The molecule has 0 amide bonds. The van der Waals surface area contributed by atoms with Crippen molar-refractivity contribution in [3.8, 4) is 0 Å². The first-order chi connectivity index (χ1) is 33.5. The van der Waals surface area contributed by atoms with Crippen molar-refractivity contribution in [2.24, 2.45) is 0 Å². The second kappa shape index (κ2) is 50.4. The second-order valence-electron chi connectivity index (χ2n) is 19.9. The van der Waals surface area contributed by atoms with E-state index in [1.165, 1.54) is 116 Å². The number of ether oxygens (including phenoxy) is 2. The van der Waals surface area contributed by atoms with Gasteiger partial charge in [-0.25, -0.2) is 0 Å². The molecule has 0 N–H and O–H groups in total. The van der Waals surface area contributed by atoms with E-state index in [2.05, 4.69) is 86.8 Å². The molecule has 0 saturated carbocycles. The molecule has 0 saturated heterocycles. The van der Waals surface area contributed by atoms with Crippen LogP contribution in [0.25, 0.3) is 0 Å². The van der Waals surface area contributed by atoms with Crippen LogP contribution in [0.2, 0.25) is 0 Å². The van der Waals surface area contributed by atoms with Crippen molar-refractivity contribution in [1.29, 1.82) is 0 Å². The number of hydrogen-bond donors (Lipinski definition) is 0. The quantitative estimate of drug-likeness (QED) is 0.0195. The summed E-state index contributed by atoms with van der Waals surface area (Å²) in [4.78, 5) is 37.7. The molecule has 0 aromatic heterocycles. The first-order valence-corrected chi connectivity index (χ1v) is 29.6. The van der Waals surface area contributed by atoms with Crippen molar-refractivity contribution in [1.82, 2.24) is 0 Å². The summed E-state index contributed by atoms with van der Waals surface area (Å²) in [6.07, 6.45) is 65.3. The van der Waals surface area contributed by atoms with E-state index in [1.54, 1.807) is 0 Å². The summed E-state index contributed by atoms with van der Waals surface area (Å²) in [6, 6.07) is 0. The molecule has 10 heteroatoms. The van der Waals surface area contributed by atoms with Crippen molar-refractivity contribution in [2.45, 2.75) is 245 Å². The molecule has 69 heavy (non-hydrogen) atoms. The summed E-state index contributed by atoms with van der Waals surface area (Å²) < 4.78 is 34.0. The Bertz CT molecular complexity index is 1400. The lowest BCUT2D eigenvalue weighted by Gasteiger charge is -2.28. The van der Waals surface area contributed by atoms with E-state index in [4.69, 9.17) is 18.5 Å². The fraction of sp³-hybridized carbons (Fsp3) is 0.763. The van der Waals surface area contributed by atoms with Gasteiger partial charge in [0.1, 0.15) is 19.8 Å². The van der Waals surface area contributed by atoms with Crippen molar-refractivity contribution >= 4 is 19.8 Å². The standard InChI is InChI=1S/C59H106NO8P/c1-6-8-10-12-14-16-18-20-21-22-23-24-25-26-27-28-29-30-31-32-33-34-35-36-37-38-39-40-42-44-46-48-50-52-59(62)68-57(56-67-69(63,64)66-54-53-60(3,4)5)55-65-58(61)51-49-47-45-43-41-19-17-15-13-11-9-7-2/h8,10,14-17,20-21,23-24,26-27,57H,6-7,9,11-13,18-19,22,25,28-56H2,1-5H3/b10-8-,16-14-,17-15-,21-20-,24-23-,27-26-. The van der Waals surface area contributed by atoms with Crippen LogP contribution in [-0.2, 0) is 32.7 Å². The molecule has 0 bridgehead atoms. The molecule has 0 aromatic carbocycles. The normalized spacial score (nSPS) is 13.9. The molecule has 2 unspecified atom stereocenters. The summed E-state index contributed by atoms with van der Waals surface area (Å²) >= 11 is 0. The number of allylic oxidation sites excluding steroid dienone is 12. The topological polar surface area (TPSA) is 111 Å². The lowest BCUT2D eigenvalue weighted by Crippen LogP contribution is -2.37. The summed E-state index contributed by atoms with van der Waals surface area (Å²) in [7, 11) is 1.16. The minimum Gasteiger partial charge on any atom is -0.756 e. The Morgan fingerprint density at radius 3 is 1.25 bits per heavy atom. The van der Waals surface area contributed by atoms with Gasteiger partial charge in [-0.1, -0.05) is 215 Å². The van der Waals surface area contributed by atoms with Gasteiger partial charge in [0.2, 0.25) is 0 Å². The molecular formula is C59H106NO8P. The van der Waals surface area contributed by atoms with Crippen molar-refractivity contribution < 1.29 is 42.1 Å². The van der Waals surface area contributed by atoms with Gasteiger partial charge >= 0.3 is 11.9 Å². The second-order valence-corrected chi connectivity index (χ2v) is 21.3. The Hall–Kier alpha value is -2.55. The summed E-state index contributed by atoms with van der Waals surface area (Å²) in [5.41, 5.74) is 0. The van der Waals surface area contributed by atoms with Gasteiger partial charge in [-0.05, 0) is 83.5 Å². The number of esters is 2. The Morgan fingerprint density at radius 2 is 0.826 bits per heavy atom. The van der Waals surface area contributed by atoms with Gasteiger partial charge in [-0.3, -0.25) is 14.2 Å². The van der Waals surface area contributed by atoms with E-state index >= 15 is 0 Å². The molecule has 0 heterocycles. The highest BCUT2D eigenvalue weighted by Crippen LogP contribution is 2.38. The number of carbonyl (C=O) groups excluding carboxylic acids is 2. The molecule has 0 rings (SSSR count). The first-order valence-electron chi connectivity index (χ1n) is 28.1. The van der Waals surface area contributed by atoms with Crippen LogP contribution in [0.5, 0.6) is 0 Å². The number of nitrogens with zero attached hydrogens (tertiary/aromatic N) is 1. The molecule has 0 fully saturated rings. The van der Waals surface area contributed by atoms with E-state index < -0.39 is 32.5 Å². The highest BCUT2D eigenvalue weighted by atomic mass is 31.2. The number of hydrogen-bond acceptors (Lipinski definition) is 8. The predicted molar refractivity (Wildman–Crippen MR) is 291 cm³/mol. The zero-order valence-electron chi connectivity index (χ0n) is 45.2. The van der Waals surface area contributed by atoms with Gasteiger partial charge in [0, 0.05) is 12.8 Å². The highest BCUT2D eigenvalue weighted by Gasteiger charge is 2.21. The first kappa shape index (κ1) is 66.5. The van der Waals surface area contributed by atoms with Crippen LogP contribution >= 0.6 is 7.82 Å². The highest BCUT2D eigenvalue weighted by molar-refractivity contribution is 7.45. The average molecular weight is 988 g/mol. The van der Waals surface area contributed by atoms with Crippen LogP contribution in [0.4, 0.5) is 0 Å². The SMILES string of the molecule is CC/C=C\C/C=C\C/C=C\C/C=C\C/C=C\CCCCCCCCCCCCCCCCCCCC(=O)OC(COC(=O)CCCCCCC/C=C\CCCCC)COP(=O)([O-])OCC[N+](C)(C)C. The largest absolute Gasteiger partial charge is 0.756 e. The van der Waals surface area contributed by atoms with Gasteiger partial charge in [-0.15, -0.1) is 0 Å². The average Bonchev–Trinajstić information content (AvgIpc) is 3.31. The molecule has 0 radical (unpaired) electrons. The van der Waals surface area contributed by atoms with Crippen LogP contribution < -0.4 is 4.89 Å². The maximum Gasteiger partial charge on any atom is 0.306 e. The third-order valence-corrected chi connectivity index (χ3v) is 12.9. The third-order valence-electron chi connectivity index (χ3n) is 12.0.